The number of rotatable bonds is 12. The second-order valence-electron chi connectivity index (χ2n) is 10.1. The second kappa shape index (κ2) is 12.7. The lowest BCUT2D eigenvalue weighted by Crippen LogP contribution is -2.44. The number of ether oxygens (including phenoxy) is 3. The number of aromatic nitrogens is 4. The Balaban J connectivity index is 1.64. The van der Waals surface area contributed by atoms with E-state index >= 15 is 4.39 Å². The Morgan fingerprint density at radius 2 is 1.93 bits per heavy atom. The number of alkyl halides is 1. The quantitative estimate of drug-likeness (QED) is 0.226. The van der Waals surface area contributed by atoms with Gasteiger partial charge < -0.3 is 24.5 Å². The lowest BCUT2D eigenvalue weighted by Gasteiger charge is -2.28. The number of nitrogens with two attached hydrogens (primary N) is 1. The maximum atomic E-state index is 16.6. The van der Waals surface area contributed by atoms with E-state index in [1.165, 1.54) is 30.9 Å². The van der Waals surface area contributed by atoms with Gasteiger partial charge in [0.1, 0.15) is 30.3 Å². The largest absolute Gasteiger partial charge is 0.465 e. The third-order valence-electron chi connectivity index (χ3n) is 6.43. The number of carbonyl (C=O) groups excluding carboxylic acids is 2. The van der Waals surface area contributed by atoms with Crippen molar-refractivity contribution in [2.24, 2.45) is 5.92 Å². The molecule has 6 atom stereocenters. The summed E-state index contributed by atoms with van der Waals surface area (Å²) in [5.74, 6) is -1.71. The highest BCUT2D eigenvalue weighted by Gasteiger charge is 2.59. The van der Waals surface area contributed by atoms with Crippen molar-refractivity contribution in [2.75, 3.05) is 18.9 Å². The Kier molecular flexibility index (Phi) is 9.46. The van der Waals surface area contributed by atoms with Gasteiger partial charge in [-0.05, 0) is 32.9 Å². The lowest BCUT2D eigenvalue weighted by atomic mass is 9.93. The molecule has 6 unspecified atom stereocenters. The number of hydrogen-bond donors (Lipinski definition) is 2. The topological polar surface area (TPSA) is 178 Å². The number of nitrogens with zero attached hydrogens (tertiary/aromatic N) is 4. The van der Waals surface area contributed by atoms with Crippen LogP contribution in [0.1, 0.15) is 46.4 Å². The molecule has 14 nitrogen and oxygen atoms in total. The fourth-order valence-electron chi connectivity index (χ4n) is 4.30. The number of esters is 2. The molecule has 0 amide bonds. The van der Waals surface area contributed by atoms with Crippen LogP contribution in [0.25, 0.3) is 5.65 Å². The number of nitrogens with one attached hydrogen (secondary N) is 1. The molecule has 3 heterocycles. The van der Waals surface area contributed by atoms with E-state index in [1.54, 1.807) is 51.1 Å². The summed E-state index contributed by atoms with van der Waals surface area (Å²) in [6.07, 6.45) is -1.62. The van der Waals surface area contributed by atoms with Gasteiger partial charge in [0.05, 0.1) is 31.0 Å². The van der Waals surface area contributed by atoms with Crippen LogP contribution in [0.4, 0.5) is 10.2 Å². The van der Waals surface area contributed by atoms with Crippen molar-refractivity contribution in [3.63, 3.8) is 0 Å². The van der Waals surface area contributed by atoms with Gasteiger partial charge >= 0.3 is 19.7 Å². The number of imidazole rings is 1. The molecule has 42 heavy (non-hydrogen) atoms. The third-order valence-corrected chi connectivity index (χ3v) is 8.07. The van der Waals surface area contributed by atoms with Crippen LogP contribution >= 0.6 is 7.75 Å². The molecule has 0 aliphatic carbocycles. The fourth-order valence-corrected chi connectivity index (χ4v) is 5.80. The number of anilines is 1. The van der Waals surface area contributed by atoms with Gasteiger partial charge in [-0.3, -0.25) is 14.1 Å². The van der Waals surface area contributed by atoms with Crippen LogP contribution in [-0.2, 0) is 32.9 Å². The Morgan fingerprint density at radius 1 is 1.21 bits per heavy atom. The van der Waals surface area contributed by atoms with Crippen LogP contribution in [-0.4, -0.2) is 68.7 Å². The molecule has 3 aromatic rings. The van der Waals surface area contributed by atoms with Crippen LogP contribution < -0.4 is 15.3 Å². The molecule has 0 bridgehead atoms. The van der Waals surface area contributed by atoms with E-state index in [4.69, 9.17) is 29.0 Å². The van der Waals surface area contributed by atoms with Gasteiger partial charge in [-0.2, -0.15) is 10.2 Å². The fraction of sp³-hybridized carbons (Fsp3) is 0.500. The maximum Gasteiger partial charge on any atom is 0.459 e. The average molecular weight is 609 g/mol. The lowest BCUT2D eigenvalue weighted by molar-refractivity contribution is -0.162. The maximum absolute atomic E-state index is 16.6. The van der Waals surface area contributed by atoms with Gasteiger partial charge in [0.25, 0.3) is 0 Å². The smallest absolute Gasteiger partial charge is 0.459 e. The summed E-state index contributed by atoms with van der Waals surface area (Å²) in [7, 11) is -4.32. The first-order valence-electron chi connectivity index (χ1n) is 13.3. The molecule has 4 rings (SSSR count). The van der Waals surface area contributed by atoms with E-state index in [9.17, 15) is 14.2 Å². The van der Waals surface area contributed by atoms with Crippen LogP contribution in [0, 0.1) is 5.92 Å². The molecule has 16 heteroatoms. The van der Waals surface area contributed by atoms with Crippen molar-refractivity contribution in [2.45, 2.75) is 64.6 Å². The highest BCUT2D eigenvalue weighted by atomic mass is 31.2. The Morgan fingerprint density at radius 3 is 2.60 bits per heavy atom. The molecule has 1 aliphatic heterocycles. The minimum absolute atomic E-state index is 0.0678. The summed E-state index contributed by atoms with van der Waals surface area (Å²) in [5, 5.41) is 6.66. The van der Waals surface area contributed by atoms with Gasteiger partial charge in [-0.25, -0.2) is 23.4 Å². The van der Waals surface area contributed by atoms with Crippen molar-refractivity contribution < 1.29 is 41.8 Å². The number of carbonyl (C=O) groups is 2. The Hall–Kier alpha value is -3.65. The predicted molar refractivity (Wildman–Crippen MR) is 147 cm³/mol. The number of para-hydroxylation sites is 1. The van der Waals surface area contributed by atoms with Crippen molar-refractivity contribution in [1.29, 1.82) is 0 Å². The van der Waals surface area contributed by atoms with E-state index < -0.39 is 62.2 Å². The zero-order chi connectivity index (χ0) is 30.7. The first kappa shape index (κ1) is 31.3. The van der Waals surface area contributed by atoms with Crippen LogP contribution in [0.15, 0.2) is 42.9 Å². The SMILES string of the molecule is CCOC(=O)C(C)NP(=O)(OCC1OC(c2cnc3c(N)ncnn23)C(C)(F)C1OC(=O)C(C)C)Oc1ccccc1. The van der Waals surface area contributed by atoms with Crippen molar-refractivity contribution in [1.82, 2.24) is 24.7 Å². The molecule has 1 saturated heterocycles. The molecule has 0 spiro atoms. The summed E-state index contributed by atoms with van der Waals surface area (Å²) >= 11 is 0. The molecule has 3 N–H and O–H groups in total. The van der Waals surface area contributed by atoms with Crippen LogP contribution in [0.3, 0.4) is 0 Å². The zero-order valence-electron chi connectivity index (χ0n) is 23.8. The molecular weight excluding hydrogens is 574 g/mol. The van der Waals surface area contributed by atoms with E-state index in [-0.39, 0.29) is 29.5 Å². The van der Waals surface area contributed by atoms with Gasteiger partial charge in [-0.1, -0.05) is 32.0 Å². The minimum Gasteiger partial charge on any atom is -0.465 e. The van der Waals surface area contributed by atoms with Crippen LogP contribution in [0.2, 0.25) is 0 Å². The second-order valence-corrected chi connectivity index (χ2v) is 11.8. The Bertz CT molecular complexity index is 1460. The summed E-state index contributed by atoms with van der Waals surface area (Å²) in [5.41, 5.74) is 3.91. The zero-order valence-corrected chi connectivity index (χ0v) is 24.7. The summed E-state index contributed by atoms with van der Waals surface area (Å²) in [6, 6.07) is 7.02. The van der Waals surface area contributed by atoms with Gasteiger partial charge in [0.2, 0.25) is 0 Å². The summed E-state index contributed by atoms with van der Waals surface area (Å²) in [4.78, 5) is 33.0. The normalized spacial score (nSPS) is 24.3. The molecule has 228 valence electrons. The molecule has 1 aliphatic rings. The molecule has 1 aromatic carbocycles. The van der Waals surface area contributed by atoms with Crippen molar-refractivity contribution in [3.05, 3.63) is 48.5 Å². The monoisotopic (exact) mass is 608 g/mol. The first-order valence-corrected chi connectivity index (χ1v) is 14.8. The average Bonchev–Trinajstić information content (AvgIpc) is 3.47. The third kappa shape index (κ3) is 6.70. The summed E-state index contributed by atoms with van der Waals surface area (Å²) in [6.45, 7) is 7.01. The van der Waals surface area contributed by atoms with Gasteiger partial charge in [0, 0.05) is 0 Å². The molecule has 0 saturated carbocycles. The number of fused-ring (bicyclic) bond motifs is 1. The minimum atomic E-state index is -4.32. The Labute approximate surface area is 241 Å². The number of benzene rings is 1. The predicted octanol–water partition coefficient (Wildman–Crippen LogP) is 3.19. The molecular formula is C26H34FN6O8P. The van der Waals surface area contributed by atoms with Gasteiger partial charge in [-0.15, -0.1) is 0 Å². The van der Waals surface area contributed by atoms with Crippen molar-refractivity contribution in [3.8, 4) is 5.75 Å². The van der Waals surface area contributed by atoms with E-state index in [0.717, 1.165) is 0 Å². The highest BCUT2D eigenvalue weighted by molar-refractivity contribution is 7.52. The number of nitrogen functional groups attached to an aromatic ring is 1. The van der Waals surface area contributed by atoms with E-state index in [2.05, 4.69) is 20.2 Å². The van der Waals surface area contributed by atoms with Gasteiger partial charge in [0.15, 0.2) is 23.2 Å². The number of hydrogen-bond acceptors (Lipinski definition) is 12. The first-order chi connectivity index (χ1) is 19.9. The highest BCUT2D eigenvalue weighted by Crippen LogP contribution is 2.49. The standard InChI is InChI=1S/C26H34FN6O8P/c1-6-37-25(35)16(4)32-42(36,41-17-10-8-7-9-11-17)38-13-19-21(40-24(34)15(2)3)26(5,27)20(39-19)18-12-29-23-22(28)30-14-31-33(18)23/h7-12,14-16,19-21H,6,13H2,1-5H3,(H,32,36)(H2,28,30,31). The van der Waals surface area contributed by atoms with E-state index in [1.807, 2.05) is 0 Å². The summed E-state index contributed by atoms with van der Waals surface area (Å²) < 4.78 is 59.8. The van der Waals surface area contributed by atoms with Crippen molar-refractivity contribution >= 4 is 31.2 Å². The molecule has 2 aromatic heterocycles. The van der Waals surface area contributed by atoms with Crippen LogP contribution in [0.5, 0.6) is 5.75 Å². The molecule has 0 radical (unpaired) electrons. The molecule has 1 fully saturated rings. The van der Waals surface area contributed by atoms with E-state index in [0.29, 0.717) is 0 Å². The number of halogens is 1.